The van der Waals surface area contributed by atoms with Gasteiger partial charge >= 0.3 is 0 Å². The number of carbonyl (C=O) groups is 2. The van der Waals surface area contributed by atoms with E-state index < -0.39 is 15.8 Å². The van der Waals surface area contributed by atoms with Crippen molar-refractivity contribution in [1.82, 2.24) is 4.90 Å². The Labute approximate surface area is 218 Å². The summed E-state index contributed by atoms with van der Waals surface area (Å²) in [5.41, 5.74) is 2.42. The Morgan fingerprint density at radius 1 is 0.973 bits per heavy atom. The third-order valence-corrected chi connectivity index (χ3v) is 8.16. The van der Waals surface area contributed by atoms with Crippen LogP contribution in [-0.4, -0.2) is 45.2 Å². The first-order valence-corrected chi connectivity index (χ1v) is 13.6. The molecule has 192 valence electrons. The number of rotatable bonds is 9. The lowest BCUT2D eigenvalue weighted by Gasteiger charge is -2.25. The van der Waals surface area contributed by atoms with Gasteiger partial charge in [-0.05, 0) is 67.8 Å². The Morgan fingerprint density at radius 2 is 1.68 bits per heavy atom. The fraction of sp³-hybridized carbons (Fsp3) is 0.241. The average Bonchev–Trinajstić information content (AvgIpc) is 2.92. The number of hydrogen-bond acceptors (Lipinski definition) is 5. The Balaban J connectivity index is 1.58. The molecule has 0 radical (unpaired) electrons. The molecule has 0 aliphatic heterocycles. The summed E-state index contributed by atoms with van der Waals surface area (Å²) in [7, 11) is -2.49. The number of anilines is 1. The molecule has 0 bridgehead atoms. The summed E-state index contributed by atoms with van der Waals surface area (Å²) in [6.07, 6.45) is 2.01. The molecule has 0 saturated carbocycles. The lowest BCUT2D eigenvalue weighted by atomic mass is 9.89. The van der Waals surface area contributed by atoms with E-state index >= 15 is 0 Å². The largest absolute Gasteiger partial charge is 0.494 e. The average molecular weight is 519 g/mol. The van der Waals surface area contributed by atoms with Crippen LogP contribution in [0.15, 0.2) is 89.3 Å². The topological polar surface area (TPSA) is 84.0 Å². The van der Waals surface area contributed by atoms with Crippen LogP contribution in [0, 0.1) is 0 Å². The lowest BCUT2D eigenvalue weighted by molar-refractivity contribution is -0.127. The van der Waals surface area contributed by atoms with Crippen LogP contribution >= 0.6 is 0 Å². The van der Waals surface area contributed by atoms with Crippen LogP contribution < -0.4 is 9.04 Å². The van der Waals surface area contributed by atoms with Gasteiger partial charge in [0, 0.05) is 25.7 Å². The van der Waals surface area contributed by atoms with E-state index in [1.54, 1.807) is 41.3 Å². The molecule has 0 atom stereocenters. The number of likely N-dealkylation sites (N-methyl/N-ethyl adjacent to an activating group) is 1. The van der Waals surface area contributed by atoms with E-state index in [0.717, 1.165) is 5.56 Å². The maximum absolute atomic E-state index is 13.4. The number of ether oxygens (including phenoxy) is 1. The number of amides is 1. The second kappa shape index (κ2) is 11.0. The second-order valence-corrected chi connectivity index (χ2v) is 10.6. The molecule has 0 unspecified atom stereocenters. The van der Waals surface area contributed by atoms with E-state index in [2.05, 4.69) is 0 Å². The van der Waals surface area contributed by atoms with Gasteiger partial charge in [-0.3, -0.25) is 13.9 Å². The minimum absolute atomic E-state index is 0.0127. The fourth-order valence-corrected chi connectivity index (χ4v) is 5.48. The molecule has 37 heavy (non-hydrogen) atoms. The number of ketones is 1. The van der Waals surface area contributed by atoms with E-state index in [9.17, 15) is 18.0 Å². The highest BCUT2D eigenvalue weighted by molar-refractivity contribution is 7.92. The zero-order chi connectivity index (χ0) is 26.6. The van der Waals surface area contributed by atoms with Gasteiger partial charge < -0.3 is 9.64 Å². The van der Waals surface area contributed by atoms with Crippen molar-refractivity contribution in [1.29, 1.82) is 0 Å². The molecular weight excluding hydrogens is 488 g/mol. The highest BCUT2D eigenvalue weighted by atomic mass is 32.2. The number of benzene rings is 3. The van der Waals surface area contributed by atoms with Gasteiger partial charge in [0.1, 0.15) is 5.75 Å². The molecule has 0 spiro atoms. The monoisotopic (exact) mass is 518 g/mol. The molecule has 0 heterocycles. The van der Waals surface area contributed by atoms with Crippen LogP contribution in [-0.2, 0) is 27.8 Å². The Bertz CT molecular complexity index is 1430. The van der Waals surface area contributed by atoms with Crippen molar-refractivity contribution in [3.63, 3.8) is 0 Å². The first-order valence-electron chi connectivity index (χ1n) is 12.2. The Kier molecular flexibility index (Phi) is 7.78. The van der Waals surface area contributed by atoms with Crippen molar-refractivity contribution in [2.45, 2.75) is 31.7 Å². The van der Waals surface area contributed by atoms with Gasteiger partial charge in [0.15, 0.2) is 5.78 Å². The van der Waals surface area contributed by atoms with Crippen LogP contribution in [0.2, 0.25) is 0 Å². The van der Waals surface area contributed by atoms with Gasteiger partial charge in [0.05, 0.1) is 22.8 Å². The SMILES string of the molecule is CCOc1ccc(N(C)S(=O)(=O)c2ccc3c(c2)C(=O)C(C(=O)N(CC)Cc2ccccc2)=CC3)cc1. The van der Waals surface area contributed by atoms with Gasteiger partial charge in [-0.1, -0.05) is 42.5 Å². The molecule has 7 nitrogen and oxygen atoms in total. The fourth-order valence-electron chi connectivity index (χ4n) is 4.26. The van der Waals surface area contributed by atoms with Crippen molar-refractivity contribution >= 4 is 27.4 Å². The molecule has 1 amide bonds. The molecule has 8 heteroatoms. The zero-order valence-corrected chi connectivity index (χ0v) is 22.0. The van der Waals surface area contributed by atoms with E-state index in [4.69, 9.17) is 4.74 Å². The summed E-state index contributed by atoms with van der Waals surface area (Å²) in [5.74, 6) is -0.172. The number of hydrogen-bond donors (Lipinski definition) is 0. The molecule has 0 aromatic heterocycles. The molecule has 4 rings (SSSR count). The Morgan fingerprint density at radius 3 is 2.32 bits per heavy atom. The summed E-state index contributed by atoms with van der Waals surface area (Å²) in [4.78, 5) is 28.3. The summed E-state index contributed by atoms with van der Waals surface area (Å²) < 4.78 is 33.4. The number of carbonyl (C=O) groups excluding carboxylic acids is 2. The maximum atomic E-state index is 13.4. The van der Waals surface area contributed by atoms with Gasteiger partial charge in [-0.15, -0.1) is 0 Å². The van der Waals surface area contributed by atoms with E-state index in [-0.39, 0.29) is 21.9 Å². The van der Waals surface area contributed by atoms with Crippen molar-refractivity contribution in [2.75, 3.05) is 24.5 Å². The van der Waals surface area contributed by atoms with Crippen molar-refractivity contribution in [3.05, 3.63) is 101 Å². The zero-order valence-electron chi connectivity index (χ0n) is 21.2. The van der Waals surface area contributed by atoms with Gasteiger partial charge in [-0.2, -0.15) is 0 Å². The highest BCUT2D eigenvalue weighted by Gasteiger charge is 2.31. The van der Waals surface area contributed by atoms with Gasteiger partial charge in [0.2, 0.25) is 0 Å². The third-order valence-electron chi connectivity index (χ3n) is 6.38. The maximum Gasteiger partial charge on any atom is 0.264 e. The smallest absolute Gasteiger partial charge is 0.264 e. The minimum Gasteiger partial charge on any atom is -0.494 e. The van der Waals surface area contributed by atoms with E-state index in [0.29, 0.717) is 43.1 Å². The third kappa shape index (κ3) is 5.44. The summed E-state index contributed by atoms with van der Waals surface area (Å²) >= 11 is 0. The van der Waals surface area contributed by atoms with E-state index in [1.807, 2.05) is 44.2 Å². The number of sulfonamides is 1. The van der Waals surface area contributed by atoms with Gasteiger partial charge in [0.25, 0.3) is 15.9 Å². The van der Waals surface area contributed by atoms with Crippen LogP contribution in [0.1, 0.15) is 35.3 Å². The van der Waals surface area contributed by atoms with Crippen LogP contribution in [0.3, 0.4) is 0 Å². The first kappa shape index (κ1) is 26.2. The Hall–Kier alpha value is -3.91. The molecule has 3 aromatic rings. The molecule has 0 saturated heterocycles. The number of fused-ring (bicyclic) bond motifs is 1. The number of nitrogens with zero attached hydrogens (tertiary/aromatic N) is 2. The summed E-state index contributed by atoms with van der Waals surface area (Å²) in [6.45, 7) is 5.07. The molecule has 0 fully saturated rings. The normalized spacial score (nSPS) is 12.9. The molecule has 0 N–H and O–H groups in total. The molecular formula is C29H30N2O5S. The predicted octanol–water partition coefficient (Wildman–Crippen LogP) is 4.62. The quantitative estimate of drug-likeness (QED) is 0.386. The lowest BCUT2D eigenvalue weighted by Crippen LogP contribution is -2.35. The van der Waals surface area contributed by atoms with Crippen LogP contribution in [0.4, 0.5) is 5.69 Å². The minimum atomic E-state index is -3.95. The van der Waals surface area contributed by atoms with Gasteiger partial charge in [-0.25, -0.2) is 8.42 Å². The van der Waals surface area contributed by atoms with Crippen molar-refractivity contribution < 1.29 is 22.7 Å². The van der Waals surface area contributed by atoms with E-state index in [1.165, 1.54) is 23.5 Å². The van der Waals surface area contributed by atoms with Crippen molar-refractivity contribution in [3.8, 4) is 5.75 Å². The standard InChI is InChI=1S/C29H30N2O5S/c1-4-31(20-21-9-7-6-8-10-21)29(33)26-18-12-22-11-17-25(19-27(22)28(26)32)37(34,35)30(3)23-13-15-24(16-14-23)36-5-2/h6-11,13-19H,4-5,12,20H2,1-3H3. The molecule has 3 aromatic carbocycles. The van der Waals surface area contributed by atoms with Crippen LogP contribution in [0.5, 0.6) is 5.75 Å². The second-order valence-electron chi connectivity index (χ2n) is 8.67. The number of allylic oxidation sites excluding steroid dienone is 1. The molecule has 1 aliphatic rings. The van der Waals surface area contributed by atoms with Crippen molar-refractivity contribution in [2.24, 2.45) is 0 Å². The summed E-state index contributed by atoms with van der Waals surface area (Å²) in [5, 5.41) is 0. The summed E-state index contributed by atoms with van der Waals surface area (Å²) in [6, 6.07) is 20.8. The predicted molar refractivity (Wildman–Crippen MR) is 143 cm³/mol. The molecule has 1 aliphatic carbocycles. The first-order chi connectivity index (χ1) is 17.8. The van der Waals surface area contributed by atoms with Crippen LogP contribution in [0.25, 0.3) is 0 Å². The number of Topliss-reactive ketones (excluding diaryl/α,β-unsaturated/α-hetero) is 1. The highest BCUT2D eigenvalue weighted by Crippen LogP contribution is 2.29.